The van der Waals surface area contributed by atoms with Crippen molar-refractivity contribution in [3.63, 3.8) is 0 Å². The van der Waals surface area contributed by atoms with E-state index in [1.807, 2.05) is 0 Å². The minimum atomic E-state index is -4.95. The van der Waals surface area contributed by atoms with E-state index in [0.29, 0.717) is 0 Å². The van der Waals surface area contributed by atoms with Crippen LogP contribution in [0.4, 0.5) is 22.0 Å². The maximum absolute atomic E-state index is 14.2. The van der Waals surface area contributed by atoms with Crippen LogP contribution in [0.1, 0.15) is 16.8 Å². The first kappa shape index (κ1) is 22.3. The Labute approximate surface area is 177 Å². The number of aromatic nitrogens is 2. The van der Waals surface area contributed by atoms with Gasteiger partial charge in [0.2, 0.25) is 0 Å². The van der Waals surface area contributed by atoms with Crippen molar-refractivity contribution >= 4 is 22.9 Å². The Morgan fingerprint density at radius 3 is 2.39 bits per heavy atom. The molecule has 11 heteroatoms. The zero-order valence-electron chi connectivity index (χ0n) is 15.6. The molecule has 0 saturated carbocycles. The van der Waals surface area contributed by atoms with Crippen LogP contribution in [-0.4, -0.2) is 9.78 Å². The van der Waals surface area contributed by atoms with E-state index in [4.69, 9.17) is 23.2 Å². The Balaban J connectivity index is 2.21. The molecule has 0 bridgehead atoms. The highest BCUT2D eigenvalue weighted by Gasteiger charge is 2.39. The Morgan fingerprint density at radius 1 is 1.13 bits per heavy atom. The van der Waals surface area contributed by atoms with Gasteiger partial charge in [0.1, 0.15) is 11.6 Å². The summed E-state index contributed by atoms with van der Waals surface area (Å²) in [6.45, 7) is 3.61. The number of rotatable bonds is 5. The molecule has 162 valence electrons. The molecule has 1 aromatic heterocycles. The van der Waals surface area contributed by atoms with Gasteiger partial charge in [0.05, 0.1) is 22.0 Å². The summed E-state index contributed by atoms with van der Waals surface area (Å²) >= 11 is 5.98. The molecule has 3 aromatic rings. The fourth-order valence-electron chi connectivity index (χ4n) is 2.83. The summed E-state index contributed by atoms with van der Waals surface area (Å²) in [5, 5.41) is 3.41. The molecule has 0 radical (unpaired) electrons. The van der Waals surface area contributed by atoms with Crippen molar-refractivity contribution in [2.24, 2.45) is 11.6 Å². The second kappa shape index (κ2) is 8.40. The second-order valence-electron chi connectivity index (χ2n) is 6.25. The number of benzene rings is 2. The van der Waals surface area contributed by atoms with Gasteiger partial charge in [-0.05, 0) is 30.3 Å². The highest BCUT2D eigenvalue weighted by atomic mass is 35.5. The van der Waals surface area contributed by atoms with Gasteiger partial charge < -0.3 is 10.6 Å². The molecule has 3 rings (SSSR count). The standard InChI is InChI=1S/C20H14ClF5N4O/c1-10(16-14(21)6-3-7-15(16)23)17(27)18(31-28)13-9-30(29-19(13)20(24,25)26)12-5-2-4-11(22)8-12/h2-9H,1,27-28H2/b18-17+. The zero-order valence-corrected chi connectivity index (χ0v) is 16.3. The van der Waals surface area contributed by atoms with E-state index in [2.05, 4.69) is 16.5 Å². The third-order valence-electron chi connectivity index (χ3n) is 4.25. The van der Waals surface area contributed by atoms with Crippen molar-refractivity contribution in [3.05, 3.63) is 94.4 Å². The maximum atomic E-state index is 14.2. The van der Waals surface area contributed by atoms with Crippen LogP contribution >= 0.6 is 11.6 Å². The number of hydrogen-bond acceptors (Lipinski definition) is 4. The fourth-order valence-corrected chi connectivity index (χ4v) is 3.11. The quantitative estimate of drug-likeness (QED) is 0.244. The molecule has 2 aromatic carbocycles. The first-order chi connectivity index (χ1) is 14.5. The molecule has 0 fully saturated rings. The monoisotopic (exact) mass is 456 g/mol. The molecule has 31 heavy (non-hydrogen) atoms. The molecule has 5 nitrogen and oxygen atoms in total. The number of alkyl halides is 3. The summed E-state index contributed by atoms with van der Waals surface area (Å²) in [5.41, 5.74) is 2.89. The molecule has 0 aliphatic heterocycles. The van der Waals surface area contributed by atoms with E-state index < -0.39 is 40.5 Å². The summed E-state index contributed by atoms with van der Waals surface area (Å²) in [4.78, 5) is 4.63. The lowest BCUT2D eigenvalue weighted by Gasteiger charge is -2.14. The van der Waals surface area contributed by atoms with Gasteiger partial charge in [-0.25, -0.2) is 13.5 Å². The molecule has 0 saturated heterocycles. The van der Waals surface area contributed by atoms with Gasteiger partial charge in [-0.2, -0.15) is 24.2 Å². The number of allylic oxidation sites excluding steroid dienone is 1. The number of halogens is 6. The summed E-state index contributed by atoms with van der Waals surface area (Å²) < 4.78 is 69.5. The molecule has 1 heterocycles. The number of nitrogens with zero attached hydrogens (tertiary/aromatic N) is 2. The summed E-state index contributed by atoms with van der Waals surface area (Å²) in [7, 11) is 0. The Bertz CT molecular complexity index is 1170. The van der Waals surface area contributed by atoms with Crippen LogP contribution in [-0.2, 0) is 11.0 Å². The average Bonchev–Trinajstić information content (AvgIpc) is 3.14. The van der Waals surface area contributed by atoms with Crippen molar-refractivity contribution in [2.75, 3.05) is 0 Å². The molecule has 0 aliphatic rings. The van der Waals surface area contributed by atoms with Crippen molar-refractivity contribution < 1.29 is 26.8 Å². The first-order valence-corrected chi connectivity index (χ1v) is 8.85. The molecular formula is C20H14ClF5N4O. The van der Waals surface area contributed by atoms with Crippen LogP contribution in [0.15, 0.2) is 60.9 Å². The minimum Gasteiger partial charge on any atom is -0.409 e. The molecule has 4 N–H and O–H groups in total. The molecule has 0 atom stereocenters. The van der Waals surface area contributed by atoms with Crippen LogP contribution in [0.25, 0.3) is 17.0 Å². The SMILES string of the molecule is C=C(/C(N)=C(\ON)c1cn(-c2cccc(F)c2)nc1C(F)(F)F)c1c(F)cccc1Cl. The Morgan fingerprint density at radius 2 is 1.81 bits per heavy atom. The highest BCUT2D eigenvalue weighted by Crippen LogP contribution is 2.38. The van der Waals surface area contributed by atoms with E-state index in [9.17, 15) is 22.0 Å². The zero-order chi connectivity index (χ0) is 22.9. The smallest absolute Gasteiger partial charge is 0.409 e. The maximum Gasteiger partial charge on any atom is 0.435 e. The van der Waals surface area contributed by atoms with Gasteiger partial charge in [0.15, 0.2) is 11.5 Å². The van der Waals surface area contributed by atoms with Crippen LogP contribution in [0.5, 0.6) is 0 Å². The average molecular weight is 457 g/mol. The van der Waals surface area contributed by atoms with Gasteiger partial charge in [0.25, 0.3) is 0 Å². The first-order valence-electron chi connectivity index (χ1n) is 8.48. The van der Waals surface area contributed by atoms with Crippen molar-refractivity contribution in [3.8, 4) is 5.69 Å². The van der Waals surface area contributed by atoms with Crippen LogP contribution in [0.3, 0.4) is 0 Å². The third-order valence-corrected chi connectivity index (χ3v) is 4.57. The fraction of sp³-hybridized carbons (Fsp3) is 0.0500. The van der Waals surface area contributed by atoms with Crippen LogP contribution < -0.4 is 11.6 Å². The number of hydrogen-bond donors (Lipinski definition) is 2. The second-order valence-corrected chi connectivity index (χ2v) is 6.66. The highest BCUT2D eigenvalue weighted by molar-refractivity contribution is 6.32. The lowest BCUT2D eigenvalue weighted by atomic mass is 10.0. The van der Waals surface area contributed by atoms with Crippen molar-refractivity contribution in [1.82, 2.24) is 9.78 Å². The van der Waals surface area contributed by atoms with Gasteiger partial charge in [-0.1, -0.05) is 30.3 Å². The predicted molar refractivity (Wildman–Crippen MR) is 105 cm³/mol. The normalized spacial score (nSPS) is 12.5. The van der Waals surface area contributed by atoms with Gasteiger partial charge >= 0.3 is 6.18 Å². The molecular weight excluding hydrogens is 443 g/mol. The van der Waals surface area contributed by atoms with E-state index in [0.717, 1.165) is 29.1 Å². The van der Waals surface area contributed by atoms with E-state index in [1.165, 1.54) is 24.3 Å². The molecule has 0 spiro atoms. The molecule has 0 aliphatic carbocycles. The summed E-state index contributed by atoms with van der Waals surface area (Å²) in [6.07, 6.45) is -4.04. The van der Waals surface area contributed by atoms with Gasteiger partial charge in [-0.15, -0.1) is 0 Å². The lowest BCUT2D eigenvalue weighted by molar-refractivity contribution is -0.141. The van der Waals surface area contributed by atoms with E-state index >= 15 is 0 Å². The minimum absolute atomic E-state index is 0.00247. The van der Waals surface area contributed by atoms with E-state index in [-0.39, 0.29) is 21.8 Å². The predicted octanol–water partition coefficient (Wildman–Crippen LogP) is 5.05. The van der Waals surface area contributed by atoms with Gasteiger partial charge in [0, 0.05) is 17.3 Å². The largest absolute Gasteiger partial charge is 0.435 e. The number of nitrogens with two attached hydrogens (primary N) is 2. The summed E-state index contributed by atoms with van der Waals surface area (Å²) in [6, 6.07) is 8.49. The summed E-state index contributed by atoms with van der Waals surface area (Å²) in [5.74, 6) is 3.06. The molecule has 0 unspecified atom stereocenters. The Hall–Kier alpha value is -3.37. The van der Waals surface area contributed by atoms with Crippen LogP contribution in [0.2, 0.25) is 5.02 Å². The van der Waals surface area contributed by atoms with Crippen molar-refractivity contribution in [1.29, 1.82) is 0 Å². The Kier molecular flexibility index (Phi) is 6.05. The van der Waals surface area contributed by atoms with Crippen molar-refractivity contribution in [2.45, 2.75) is 6.18 Å². The molecule has 0 amide bonds. The van der Waals surface area contributed by atoms with Crippen LogP contribution in [0, 0.1) is 11.6 Å². The third kappa shape index (κ3) is 4.39. The lowest BCUT2D eigenvalue weighted by Crippen LogP contribution is -2.15. The van der Waals surface area contributed by atoms with Gasteiger partial charge in [-0.3, -0.25) is 0 Å². The topological polar surface area (TPSA) is 79.1 Å². The van der Waals surface area contributed by atoms with E-state index in [1.54, 1.807) is 0 Å².